The lowest BCUT2D eigenvalue weighted by Gasteiger charge is -2.31. The Balaban J connectivity index is 2.00. The Bertz CT molecular complexity index is 1130. The Labute approximate surface area is 193 Å². The highest BCUT2D eigenvalue weighted by Crippen LogP contribution is 2.45. The SMILES string of the molecule is CCOc1ccc(Br)cc1[C@H]1Oc2nc(SC)nnc2-c2ccccc2N1C(=O)CC. The summed E-state index contributed by atoms with van der Waals surface area (Å²) in [6.45, 7) is 4.23. The number of nitrogens with zero attached hydrogens (tertiary/aromatic N) is 4. The first-order valence-corrected chi connectivity index (χ1v) is 11.9. The van der Waals surface area contributed by atoms with Gasteiger partial charge in [-0.15, -0.1) is 10.2 Å². The van der Waals surface area contributed by atoms with Crippen LogP contribution in [0.4, 0.5) is 5.69 Å². The maximum Gasteiger partial charge on any atom is 0.247 e. The lowest BCUT2D eigenvalue weighted by molar-refractivity contribution is -0.120. The number of fused-ring (bicyclic) bond motifs is 3. The van der Waals surface area contributed by atoms with Crippen molar-refractivity contribution < 1.29 is 14.3 Å². The number of para-hydroxylation sites is 1. The van der Waals surface area contributed by atoms with Crippen molar-refractivity contribution in [1.29, 1.82) is 0 Å². The normalized spacial score (nSPS) is 14.8. The largest absolute Gasteiger partial charge is 0.493 e. The topological polar surface area (TPSA) is 77.4 Å². The molecule has 0 spiro atoms. The number of aromatic nitrogens is 3. The predicted molar refractivity (Wildman–Crippen MR) is 124 cm³/mol. The zero-order valence-electron chi connectivity index (χ0n) is 17.3. The van der Waals surface area contributed by atoms with Gasteiger partial charge in [0.1, 0.15) is 5.75 Å². The summed E-state index contributed by atoms with van der Waals surface area (Å²) in [5.41, 5.74) is 2.64. The molecule has 0 saturated carbocycles. The monoisotopic (exact) mass is 500 g/mol. The molecule has 0 radical (unpaired) electrons. The van der Waals surface area contributed by atoms with E-state index in [0.717, 1.165) is 10.0 Å². The number of benzene rings is 2. The molecule has 3 aromatic rings. The fourth-order valence-electron chi connectivity index (χ4n) is 3.44. The minimum absolute atomic E-state index is 0.0919. The molecule has 31 heavy (non-hydrogen) atoms. The molecule has 2 heterocycles. The summed E-state index contributed by atoms with van der Waals surface area (Å²) in [5, 5.41) is 9.06. The number of hydrogen-bond acceptors (Lipinski definition) is 7. The predicted octanol–water partition coefficient (Wildman–Crippen LogP) is 5.26. The van der Waals surface area contributed by atoms with Crippen LogP contribution in [0, 0.1) is 0 Å². The zero-order valence-corrected chi connectivity index (χ0v) is 19.7. The first kappa shape index (κ1) is 21.6. The van der Waals surface area contributed by atoms with Crippen molar-refractivity contribution >= 4 is 39.3 Å². The van der Waals surface area contributed by atoms with Gasteiger partial charge in [-0.25, -0.2) is 0 Å². The van der Waals surface area contributed by atoms with Crippen LogP contribution in [0.3, 0.4) is 0 Å². The third kappa shape index (κ3) is 4.12. The molecule has 1 aromatic heterocycles. The number of ether oxygens (including phenoxy) is 2. The fraction of sp³-hybridized carbons (Fsp3) is 0.273. The number of thioether (sulfide) groups is 1. The second-order valence-electron chi connectivity index (χ2n) is 6.67. The number of halogens is 1. The molecule has 7 nitrogen and oxygen atoms in total. The van der Waals surface area contributed by atoms with E-state index < -0.39 is 6.23 Å². The fourth-order valence-corrected chi connectivity index (χ4v) is 4.12. The average molecular weight is 501 g/mol. The van der Waals surface area contributed by atoms with Gasteiger partial charge in [0, 0.05) is 16.5 Å². The van der Waals surface area contributed by atoms with E-state index in [0.29, 0.717) is 46.8 Å². The molecule has 1 amide bonds. The van der Waals surface area contributed by atoms with Crippen molar-refractivity contribution in [3.8, 4) is 22.9 Å². The van der Waals surface area contributed by atoms with E-state index in [4.69, 9.17) is 9.47 Å². The Hall–Kier alpha value is -2.65. The van der Waals surface area contributed by atoms with Crippen molar-refractivity contribution in [3.05, 3.63) is 52.5 Å². The van der Waals surface area contributed by atoms with Crippen molar-refractivity contribution in [2.45, 2.75) is 31.7 Å². The van der Waals surface area contributed by atoms with E-state index in [2.05, 4.69) is 31.1 Å². The minimum atomic E-state index is -0.791. The van der Waals surface area contributed by atoms with Crippen molar-refractivity contribution in [2.75, 3.05) is 17.8 Å². The summed E-state index contributed by atoms with van der Waals surface area (Å²) in [7, 11) is 0. The molecular weight excluding hydrogens is 480 g/mol. The van der Waals surface area contributed by atoms with E-state index in [1.54, 1.807) is 4.90 Å². The second-order valence-corrected chi connectivity index (χ2v) is 8.36. The average Bonchev–Trinajstić information content (AvgIpc) is 2.94. The number of carbonyl (C=O) groups is 1. The van der Waals surface area contributed by atoms with Crippen LogP contribution in [0.2, 0.25) is 0 Å². The van der Waals surface area contributed by atoms with E-state index in [1.807, 2.05) is 62.6 Å². The molecule has 4 rings (SSSR count). The summed E-state index contributed by atoms with van der Waals surface area (Å²) >= 11 is 4.91. The molecule has 0 unspecified atom stereocenters. The maximum absolute atomic E-state index is 13.2. The molecule has 0 aliphatic carbocycles. The molecule has 160 valence electrons. The van der Waals surface area contributed by atoms with Crippen LogP contribution in [-0.2, 0) is 4.79 Å². The number of carbonyl (C=O) groups excluding carboxylic acids is 1. The summed E-state index contributed by atoms with van der Waals surface area (Å²) < 4.78 is 13.1. The van der Waals surface area contributed by atoms with E-state index in [1.165, 1.54) is 11.8 Å². The molecule has 0 saturated heterocycles. The molecule has 0 fully saturated rings. The van der Waals surface area contributed by atoms with Gasteiger partial charge in [0.2, 0.25) is 23.2 Å². The van der Waals surface area contributed by atoms with Gasteiger partial charge in [-0.3, -0.25) is 9.69 Å². The lowest BCUT2D eigenvalue weighted by Crippen LogP contribution is -2.37. The van der Waals surface area contributed by atoms with Crippen molar-refractivity contribution in [1.82, 2.24) is 15.2 Å². The van der Waals surface area contributed by atoms with Crippen LogP contribution in [-0.4, -0.2) is 34.0 Å². The van der Waals surface area contributed by atoms with E-state index in [9.17, 15) is 4.79 Å². The molecule has 1 aliphatic rings. The molecule has 1 atom stereocenters. The molecule has 0 N–H and O–H groups in total. The highest BCUT2D eigenvalue weighted by atomic mass is 79.9. The zero-order chi connectivity index (χ0) is 22.0. The Kier molecular flexibility index (Phi) is 6.43. The lowest BCUT2D eigenvalue weighted by atomic mass is 10.1. The number of anilines is 1. The van der Waals surface area contributed by atoms with Gasteiger partial charge < -0.3 is 9.47 Å². The Morgan fingerprint density at radius 3 is 2.77 bits per heavy atom. The summed E-state index contributed by atoms with van der Waals surface area (Å²) in [4.78, 5) is 19.4. The van der Waals surface area contributed by atoms with Gasteiger partial charge in [-0.1, -0.05) is 52.8 Å². The van der Waals surface area contributed by atoms with Crippen LogP contribution in [0.5, 0.6) is 11.6 Å². The maximum atomic E-state index is 13.2. The smallest absolute Gasteiger partial charge is 0.247 e. The third-order valence-corrected chi connectivity index (χ3v) is 5.83. The molecule has 2 aromatic carbocycles. The number of hydrogen-bond donors (Lipinski definition) is 0. The second kappa shape index (κ2) is 9.23. The Morgan fingerprint density at radius 1 is 1.23 bits per heavy atom. The van der Waals surface area contributed by atoms with Gasteiger partial charge in [0.05, 0.1) is 17.9 Å². The standard InChI is InChI=1S/C22H21BrN4O3S/c1-4-18(28)27-16-9-7-6-8-14(16)19-20(24-22(31-3)26-25-19)30-21(27)15-12-13(23)10-11-17(15)29-5-2/h6-12,21H,4-5H2,1-3H3/t21-/m1/s1. The quantitative estimate of drug-likeness (QED) is 0.442. The third-order valence-electron chi connectivity index (χ3n) is 4.80. The van der Waals surface area contributed by atoms with Gasteiger partial charge in [-0.2, -0.15) is 4.98 Å². The minimum Gasteiger partial charge on any atom is -0.493 e. The summed E-state index contributed by atoms with van der Waals surface area (Å²) in [5.74, 6) is 0.869. The summed E-state index contributed by atoms with van der Waals surface area (Å²) in [6.07, 6.45) is 1.39. The Morgan fingerprint density at radius 2 is 2.03 bits per heavy atom. The summed E-state index contributed by atoms with van der Waals surface area (Å²) in [6, 6.07) is 13.2. The first-order valence-electron chi connectivity index (χ1n) is 9.86. The van der Waals surface area contributed by atoms with Gasteiger partial charge in [-0.05, 0) is 37.4 Å². The van der Waals surface area contributed by atoms with Gasteiger partial charge >= 0.3 is 0 Å². The highest BCUT2D eigenvalue weighted by Gasteiger charge is 2.36. The van der Waals surface area contributed by atoms with Crippen LogP contribution < -0.4 is 14.4 Å². The van der Waals surface area contributed by atoms with Crippen LogP contribution in [0.25, 0.3) is 11.3 Å². The molecule has 9 heteroatoms. The van der Waals surface area contributed by atoms with Crippen molar-refractivity contribution in [3.63, 3.8) is 0 Å². The van der Waals surface area contributed by atoms with Crippen LogP contribution in [0.1, 0.15) is 32.1 Å². The van der Waals surface area contributed by atoms with Gasteiger partial charge in [0.25, 0.3) is 0 Å². The van der Waals surface area contributed by atoms with Crippen molar-refractivity contribution in [2.24, 2.45) is 0 Å². The van der Waals surface area contributed by atoms with Crippen LogP contribution in [0.15, 0.2) is 52.1 Å². The van der Waals surface area contributed by atoms with E-state index >= 15 is 0 Å². The number of rotatable bonds is 5. The molecular formula is C22H21BrN4O3S. The van der Waals surface area contributed by atoms with Gasteiger partial charge in [0.15, 0.2) is 5.69 Å². The van der Waals surface area contributed by atoms with E-state index in [-0.39, 0.29) is 5.91 Å². The highest BCUT2D eigenvalue weighted by molar-refractivity contribution is 9.10. The number of amides is 1. The molecule has 1 aliphatic heterocycles. The van der Waals surface area contributed by atoms with Crippen LogP contribution >= 0.6 is 27.7 Å². The molecule has 0 bridgehead atoms. The first-order chi connectivity index (χ1) is 15.1.